The van der Waals surface area contributed by atoms with Gasteiger partial charge in [-0.05, 0) is 31.5 Å². The zero-order valence-corrected chi connectivity index (χ0v) is 10.5. The number of aliphatic hydroxyl groups excluding tert-OH is 1. The maximum Gasteiger partial charge on any atom is 0.0587 e. The third kappa shape index (κ3) is 2.51. The lowest BCUT2D eigenvalue weighted by molar-refractivity contribution is 0.153. The molecule has 0 aliphatic carbocycles. The van der Waals surface area contributed by atoms with Crippen molar-refractivity contribution in [3.63, 3.8) is 0 Å². The van der Waals surface area contributed by atoms with Crippen LogP contribution in [0, 0.1) is 0 Å². The van der Waals surface area contributed by atoms with Crippen LogP contribution in [-0.2, 0) is 6.54 Å². The number of benzene rings is 1. The van der Waals surface area contributed by atoms with E-state index in [0.717, 1.165) is 31.5 Å². The molecular formula is C12H15Cl2NO. The summed E-state index contributed by atoms with van der Waals surface area (Å²) in [5.41, 5.74) is 0.964. The van der Waals surface area contributed by atoms with Crippen LogP contribution in [0.5, 0.6) is 0 Å². The molecule has 1 fully saturated rings. The molecule has 0 amide bonds. The first-order valence-electron chi connectivity index (χ1n) is 5.50. The smallest absolute Gasteiger partial charge is 0.0587 e. The van der Waals surface area contributed by atoms with Gasteiger partial charge in [0.05, 0.1) is 6.61 Å². The van der Waals surface area contributed by atoms with Crippen LogP contribution in [0.15, 0.2) is 18.2 Å². The van der Waals surface area contributed by atoms with Crippen LogP contribution in [0.3, 0.4) is 0 Å². The van der Waals surface area contributed by atoms with Crippen molar-refractivity contribution in [3.05, 3.63) is 33.8 Å². The minimum absolute atomic E-state index is 0.210. The number of likely N-dealkylation sites (tertiary alicyclic amines) is 1. The lowest BCUT2D eigenvalue weighted by Crippen LogP contribution is -2.31. The molecule has 0 radical (unpaired) electrons. The first kappa shape index (κ1) is 12.2. The van der Waals surface area contributed by atoms with Gasteiger partial charge in [-0.1, -0.05) is 29.3 Å². The molecule has 1 heterocycles. The van der Waals surface area contributed by atoms with Gasteiger partial charge in [0.1, 0.15) is 0 Å². The summed E-state index contributed by atoms with van der Waals surface area (Å²) in [6.45, 7) is 1.94. The highest BCUT2D eigenvalue weighted by molar-refractivity contribution is 6.35. The topological polar surface area (TPSA) is 23.5 Å². The van der Waals surface area contributed by atoms with Crippen LogP contribution in [0.25, 0.3) is 0 Å². The summed E-state index contributed by atoms with van der Waals surface area (Å²) in [6, 6.07) is 5.81. The number of halogens is 2. The zero-order valence-electron chi connectivity index (χ0n) is 9.00. The predicted octanol–water partition coefficient (Wildman–Crippen LogP) is 2.95. The Kier molecular flexibility index (Phi) is 4.09. The van der Waals surface area contributed by atoms with Crippen LogP contribution in [0.2, 0.25) is 10.0 Å². The minimum atomic E-state index is 0.210. The molecule has 1 atom stereocenters. The fourth-order valence-electron chi connectivity index (χ4n) is 2.20. The Morgan fingerprint density at radius 3 is 2.62 bits per heavy atom. The highest BCUT2D eigenvalue weighted by atomic mass is 35.5. The Bertz CT molecular complexity index is 350. The molecule has 2 rings (SSSR count). The van der Waals surface area contributed by atoms with Gasteiger partial charge in [0.25, 0.3) is 0 Å². The van der Waals surface area contributed by atoms with Gasteiger partial charge in [0.2, 0.25) is 0 Å². The van der Waals surface area contributed by atoms with Gasteiger partial charge in [0, 0.05) is 28.2 Å². The molecule has 0 bridgehead atoms. The Hall–Kier alpha value is -0.280. The normalized spacial score (nSPS) is 21.6. The monoisotopic (exact) mass is 259 g/mol. The maximum absolute atomic E-state index is 9.25. The van der Waals surface area contributed by atoms with Gasteiger partial charge >= 0.3 is 0 Å². The van der Waals surface area contributed by atoms with Crippen LogP contribution >= 0.6 is 23.2 Å². The first-order valence-corrected chi connectivity index (χ1v) is 6.25. The molecule has 4 heteroatoms. The van der Waals surface area contributed by atoms with Gasteiger partial charge < -0.3 is 5.11 Å². The highest BCUT2D eigenvalue weighted by Gasteiger charge is 2.24. The van der Waals surface area contributed by atoms with E-state index < -0.39 is 0 Å². The Labute approximate surface area is 106 Å². The quantitative estimate of drug-likeness (QED) is 0.903. The fourth-order valence-corrected chi connectivity index (χ4v) is 2.71. The standard InChI is InChI=1S/C12H15Cl2NO/c13-11-4-1-5-12(14)10(11)7-15-6-2-3-9(15)8-16/h1,4-5,9,16H,2-3,6-8H2/t9-/m1/s1. The van der Waals surface area contributed by atoms with E-state index >= 15 is 0 Å². The number of aliphatic hydroxyl groups is 1. The van der Waals surface area contributed by atoms with E-state index in [2.05, 4.69) is 4.90 Å². The second-order valence-corrected chi connectivity index (χ2v) is 4.96. The molecule has 0 aromatic heterocycles. The summed E-state index contributed by atoms with van der Waals surface area (Å²) in [7, 11) is 0. The maximum atomic E-state index is 9.25. The van der Waals surface area contributed by atoms with E-state index in [-0.39, 0.29) is 12.6 Å². The molecule has 16 heavy (non-hydrogen) atoms. The van der Waals surface area contributed by atoms with Crippen LogP contribution < -0.4 is 0 Å². The van der Waals surface area contributed by atoms with Gasteiger partial charge in [-0.25, -0.2) is 0 Å². The van der Waals surface area contributed by atoms with Crippen molar-refractivity contribution in [2.75, 3.05) is 13.2 Å². The second-order valence-electron chi connectivity index (χ2n) is 4.15. The summed E-state index contributed by atoms with van der Waals surface area (Å²) in [5.74, 6) is 0. The molecule has 1 aliphatic rings. The van der Waals surface area contributed by atoms with E-state index in [1.54, 1.807) is 0 Å². The number of rotatable bonds is 3. The summed E-state index contributed by atoms with van der Waals surface area (Å²) in [6.07, 6.45) is 2.19. The summed E-state index contributed by atoms with van der Waals surface area (Å²) >= 11 is 12.3. The van der Waals surface area contributed by atoms with Crippen molar-refractivity contribution >= 4 is 23.2 Å². The molecule has 88 valence electrons. The van der Waals surface area contributed by atoms with Crippen molar-refractivity contribution in [2.45, 2.75) is 25.4 Å². The Morgan fingerprint density at radius 2 is 2.00 bits per heavy atom. The number of hydrogen-bond donors (Lipinski definition) is 1. The van der Waals surface area contributed by atoms with E-state index in [1.807, 2.05) is 18.2 Å². The van der Waals surface area contributed by atoms with E-state index in [4.69, 9.17) is 23.2 Å². The Balaban J connectivity index is 2.14. The molecule has 1 saturated heterocycles. The van der Waals surface area contributed by atoms with E-state index in [1.165, 1.54) is 0 Å². The zero-order chi connectivity index (χ0) is 11.5. The number of nitrogens with zero attached hydrogens (tertiary/aromatic N) is 1. The van der Waals surface area contributed by atoms with Gasteiger partial charge in [-0.2, -0.15) is 0 Å². The third-order valence-electron chi connectivity index (χ3n) is 3.13. The van der Waals surface area contributed by atoms with Gasteiger partial charge in [-0.15, -0.1) is 0 Å². The van der Waals surface area contributed by atoms with Gasteiger partial charge in [0.15, 0.2) is 0 Å². The molecule has 1 aromatic rings. The molecule has 0 saturated carbocycles. The van der Waals surface area contributed by atoms with Crippen molar-refractivity contribution < 1.29 is 5.11 Å². The first-order chi connectivity index (χ1) is 7.72. The molecular weight excluding hydrogens is 245 g/mol. The molecule has 1 aromatic carbocycles. The highest BCUT2D eigenvalue weighted by Crippen LogP contribution is 2.28. The van der Waals surface area contributed by atoms with E-state index in [9.17, 15) is 5.11 Å². The summed E-state index contributed by atoms with van der Waals surface area (Å²) in [5, 5.41) is 10.7. The molecule has 1 aliphatic heterocycles. The lowest BCUT2D eigenvalue weighted by atomic mass is 10.2. The fraction of sp³-hybridized carbons (Fsp3) is 0.500. The van der Waals surface area contributed by atoms with Gasteiger partial charge in [-0.3, -0.25) is 4.90 Å². The van der Waals surface area contributed by atoms with Crippen LogP contribution in [0.4, 0.5) is 0 Å². The van der Waals surface area contributed by atoms with Crippen molar-refractivity contribution in [3.8, 4) is 0 Å². The van der Waals surface area contributed by atoms with E-state index in [0.29, 0.717) is 10.0 Å². The summed E-state index contributed by atoms with van der Waals surface area (Å²) < 4.78 is 0. The average molecular weight is 260 g/mol. The SMILES string of the molecule is OC[C@H]1CCCN1Cc1c(Cl)cccc1Cl. The number of hydrogen-bond acceptors (Lipinski definition) is 2. The minimum Gasteiger partial charge on any atom is -0.395 e. The van der Waals surface area contributed by atoms with Crippen molar-refractivity contribution in [1.29, 1.82) is 0 Å². The van der Waals surface area contributed by atoms with Crippen molar-refractivity contribution in [2.24, 2.45) is 0 Å². The summed E-state index contributed by atoms with van der Waals surface area (Å²) in [4.78, 5) is 2.24. The molecule has 0 unspecified atom stereocenters. The average Bonchev–Trinajstić information content (AvgIpc) is 2.71. The molecule has 2 nitrogen and oxygen atoms in total. The largest absolute Gasteiger partial charge is 0.395 e. The Morgan fingerprint density at radius 1 is 1.31 bits per heavy atom. The lowest BCUT2D eigenvalue weighted by Gasteiger charge is -2.23. The van der Waals surface area contributed by atoms with Crippen molar-refractivity contribution in [1.82, 2.24) is 4.90 Å². The molecule has 0 spiro atoms. The van der Waals surface area contributed by atoms with Crippen LogP contribution in [0.1, 0.15) is 18.4 Å². The third-order valence-corrected chi connectivity index (χ3v) is 3.84. The predicted molar refractivity (Wildman–Crippen MR) is 67.0 cm³/mol. The van der Waals surface area contributed by atoms with Crippen LogP contribution in [-0.4, -0.2) is 29.2 Å². The molecule has 1 N–H and O–H groups in total. The second kappa shape index (κ2) is 5.37.